The SMILES string of the molecule is C=CCO[C@@]12Oc3ccc(Oc4ccc5ccccc5c4)cc3[C@H]3[C@H](CCCCO)[C@@H](CCCCO)C=C(C(=NOC4CCCCO4)C[C@@H]1N(CCOCCO)C(=O)CCC1CCCC1)[C@H]32. The van der Waals surface area contributed by atoms with E-state index < -0.39 is 24.0 Å². The predicted molar refractivity (Wildman–Crippen MR) is 254 cm³/mol. The highest BCUT2D eigenvalue weighted by Gasteiger charge is 2.65. The summed E-state index contributed by atoms with van der Waals surface area (Å²) in [4.78, 5) is 23.3. The highest BCUT2D eigenvalue weighted by molar-refractivity contribution is 6.03. The summed E-state index contributed by atoms with van der Waals surface area (Å²) in [6, 6.07) is 19.8. The lowest BCUT2D eigenvalue weighted by molar-refractivity contribution is -0.258. The van der Waals surface area contributed by atoms with Crippen LogP contribution in [0.3, 0.4) is 0 Å². The van der Waals surface area contributed by atoms with Crippen molar-refractivity contribution in [1.29, 1.82) is 0 Å². The Morgan fingerprint density at radius 3 is 2.41 bits per heavy atom. The third-order valence-corrected chi connectivity index (χ3v) is 14.7. The number of aliphatic hydroxyl groups excluding tert-OH is 3. The summed E-state index contributed by atoms with van der Waals surface area (Å²) in [5, 5.41) is 37.0. The normalized spacial score (nSPS) is 26.6. The Kier molecular flexibility index (Phi) is 17.2. The Morgan fingerprint density at radius 2 is 1.64 bits per heavy atom. The number of carbonyl (C=O) groups excluding carboxylic acids is 1. The minimum Gasteiger partial charge on any atom is -0.459 e. The number of aliphatic hydroxyl groups is 3. The fourth-order valence-electron chi connectivity index (χ4n) is 11.5. The first-order valence-electron chi connectivity index (χ1n) is 25.0. The van der Waals surface area contributed by atoms with Crippen molar-refractivity contribution in [3.05, 3.63) is 90.5 Å². The van der Waals surface area contributed by atoms with E-state index in [2.05, 4.69) is 43.0 Å². The molecular formula is C54H72N2O10. The van der Waals surface area contributed by atoms with Crippen LogP contribution in [0.1, 0.15) is 114 Å². The number of hydrogen-bond acceptors (Lipinski definition) is 11. The zero-order valence-electron chi connectivity index (χ0n) is 38.7. The van der Waals surface area contributed by atoms with Crippen molar-refractivity contribution in [3.63, 3.8) is 0 Å². The molecule has 12 nitrogen and oxygen atoms in total. The number of amides is 1. The molecule has 358 valence electrons. The van der Waals surface area contributed by atoms with E-state index in [9.17, 15) is 15.3 Å². The Bertz CT molecular complexity index is 2110. The van der Waals surface area contributed by atoms with Crippen LogP contribution < -0.4 is 9.47 Å². The van der Waals surface area contributed by atoms with Crippen LogP contribution in [0.25, 0.3) is 10.8 Å². The fourth-order valence-corrected chi connectivity index (χ4v) is 11.5. The molecule has 2 aliphatic heterocycles. The van der Waals surface area contributed by atoms with Crippen LogP contribution in [0.15, 0.2) is 90.1 Å². The van der Waals surface area contributed by atoms with Gasteiger partial charge in [0, 0.05) is 50.5 Å². The maximum Gasteiger partial charge on any atom is 0.239 e. The third kappa shape index (κ3) is 11.2. The molecule has 0 aromatic heterocycles. The second kappa shape index (κ2) is 23.6. The van der Waals surface area contributed by atoms with Gasteiger partial charge in [-0.05, 0) is 109 Å². The summed E-state index contributed by atoms with van der Waals surface area (Å²) in [7, 11) is 0. The van der Waals surface area contributed by atoms with Crippen molar-refractivity contribution in [2.24, 2.45) is 28.8 Å². The lowest BCUT2D eigenvalue weighted by Crippen LogP contribution is -2.70. The van der Waals surface area contributed by atoms with Gasteiger partial charge in [0.15, 0.2) is 0 Å². The lowest BCUT2D eigenvalue weighted by Gasteiger charge is -2.60. The van der Waals surface area contributed by atoms with Crippen molar-refractivity contribution in [2.75, 3.05) is 52.8 Å². The number of fused-ring (bicyclic) bond motifs is 3. The molecule has 0 radical (unpaired) electrons. The summed E-state index contributed by atoms with van der Waals surface area (Å²) in [6.07, 6.45) is 17.2. The number of unbranched alkanes of at least 4 members (excludes halogenated alkanes) is 2. The van der Waals surface area contributed by atoms with Gasteiger partial charge in [0.05, 0.1) is 44.7 Å². The molecule has 66 heavy (non-hydrogen) atoms. The molecule has 3 aromatic rings. The van der Waals surface area contributed by atoms with Crippen molar-refractivity contribution in [2.45, 2.75) is 127 Å². The number of hydrogen-bond donors (Lipinski definition) is 3. The van der Waals surface area contributed by atoms with Gasteiger partial charge in [-0.25, -0.2) is 0 Å². The van der Waals surface area contributed by atoms with E-state index in [1.54, 1.807) is 6.08 Å². The average Bonchev–Trinajstić information content (AvgIpc) is 3.88. The lowest BCUT2D eigenvalue weighted by atomic mass is 9.55. The van der Waals surface area contributed by atoms with Gasteiger partial charge in [0.1, 0.15) is 23.3 Å². The van der Waals surface area contributed by atoms with E-state index in [0.717, 1.165) is 97.6 Å². The highest BCUT2D eigenvalue weighted by Crippen LogP contribution is 2.62. The van der Waals surface area contributed by atoms with Crippen LogP contribution in [0.4, 0.5) is 0 Å². The Morgan fingerprint density at radius 1 is 0.864 bits per heavy atom. The largest absolute Gasteiger partial charge is 0.459 e. The highest BCUT2D eigenvalue weighted by atomic mass is 16.8. The van der Waals surface area contributed by atoms with Crippen molar-refractivity contribution >= 4 is 22.4 Å². The van der Waals surface area contributed by atoms with Gasteiger partial charge in [-0.3, -0.25) is 4.79 Å². The number of nitrogens with zero attached hydrogens (tertiary/aromatic N) is 2. The predicted octanol–water partition coefficient (Wildman–Crippen LogP) is 9.60. The zero-order valence-corrected chi connectivity index (χ0v) is 38.7. The molecule has 0 bridgehead atoms. The van der Waals surface area contributed by atoms with Crippen LogP contribution in [0.5, 0.6) is 17.2 Å². The first kappa shape index (κ1) is 48.2. The summed E-state index contributed by atoms with van der Waals surface area (Å²) >= 11 is 0. The van der Waals surface area contributed by atoms with Gasteiger partial charge in [-0.1, -0.05) is 86.2 Å². The Balaban J connectivity index is 1.29. The molecule has 5 aliphatic rings. The fraction of sp³-hybridized carbons (Fsp3) is 0.593. The molecule has 2 heterocycles. The summed E-state index contributed by atoms with van der Waals surface area (Å²) < 4.78 is 33.3. The zero-order chi connectivity index (χ0) is 45.7. The maximum absolute atomic E-state index is 15.0. The van der Waals surface area contributed by atoms with Crippen LogP contribution in [0, 0.1) is 23.7 Å². The van der Waals surface area contributed by atoms with E-state index >= 15 is 4.79 Å². The molecule has 8 rings (SSSR count). The Labute approximate surface area is 390 Å². The van der Waals surface area contributed by atoms with Crippen LogP contribution in [0.2, 0.25) is 0 Å². The van der Waals surface area contributed by atoms with Crippen LogP contribution in [-0.4, -0.2) is 103 Å². The van der Waals surface area contributed by atoms with E-state index in [0.29, 0.717) is 49.7 Å². The quantitative estimate of drug-likeness (QED) is 0.0451. The van der Waals surface area contributed by atoms with Gasteiger partial charge >= 0.3 is 0 Å². The van der Waals surface area contributed by atoms with Gasteiger partial charge in [0.25, 0.3) is 0 Å². The smallest absolute Gasteiger partial charge is 0.239 e. The topological polar surface area (TPSA) is 149 Å². The van der Waals surface area contributed by atoms with E-state index in [1.807, 2.05) is 35.2 Å². The van der Waals surface area contributed by atoms with E-state index in [1.165, 1.54) is 12.8 Å². The van der Waals surface area contributed by atoms with Crippen molar-refractivity contribution in [3.8, 4) is 17.2 Å². The van der Waals surface area contributed by atoms with Crippen molar-refractivity contribution in [1.82, 2.24) is 4.90 Å². The maximum atomic E-state index is 15.0. The number of oxime groups is 1. The van der Waals surface area contributed by atoms with Gasteiger partial charge in [-0.2, -0.15) is 0 Å². The number of benzene rings is 3. The number of rotatable bonds is 24. The molecule has 1 saturated heterocycles. The van der Waals surface area contributed by atoms with Gasteiger partial charge in [0.2, 0.25) is 18.0 Å². The summed E-state index contributed by atoms with van der Waals surface area (Å²) in [6.45, 7) is 5.62. The van der Waals surface area contributed by atoms with E-state index in [-0.39, 0.29) is 69.8 Å². The van der Waals surface area contributed by atoms with Crippen LogP contribution in [-0.2, 0) is 23.8 Å². The second-order valence-corrected chi connectivity index (χ2v) is 18.9. The standard InChI is InChI=1S/C54H72N2O10/c1-2-30-63-54-49(56(26-32-61-33-29-59)50(60)25-20-38-13-3-4-14-38)37-47(55-66-51-19-9-12-31-62-51)45-35-41(17-7-10-27-57)44(18-8-11-28-58)52(53(45)54)46-36-43(23-24-48(46)65-54)64-42-22-21-39-15-5-6-16-40(39)34-42/h2,5-6,15-16,21-24,34-36,38,41,44,49,51-53,57-59H,1,3-4,7-14,17-20,25-33,37H2/t41-,44+,49-,51?,52+,53+,54+/m0/s1. The minimum atomic E-state index is -1.38. The molecule has 3 aliphatic carbocycles. The molecule has 1 unspecified atom stereocenters. The van der Waals surface area contributed by atoms with Crippen LogP contribution >= 0.6 is 0 Å². The van der Waals surface area contributed by atoms with Crippen molar-refractivity contribution < 1.29 is 48.6 Å². The molecule has 3 fully saturated rings. The minimum absolute atomic E-state index is 0.00616. The van der Waals surface area contributed by atoms with Gasteiger partial charge in [-0.15, -0.1) is 6.58 Å². The molecule has 0 spiro atoms. The Hall–Kier alpha value is -4.30. The molecule has 2 saturated carbocycles. The molecule has 3 aromatic carbocycles. The molecular weight excluding hydrogens is 837 g/mol. The molecule has 3 N–H and O–H groups in total. The molecule has 12 heteroatoms. The summed E-state index contributed by atoms with van der Waals surface area (Å²) in [5.74, 6) is 0.712. The number of ether oxygens (including phenoxy) is 5. The monoisotopic (exact) mass is 909 g/mol. The molecule has 1 amide bonds. The molecule has 7 atom stereocenters. The summed E-state index contributed by atoms with van der Waals surface area (Å²) in [5.41, 5.74) is 2.71. The third-order valence-electron chi connectivity index (χ3n) is 14.7. The van der Waals surface area contributed by atoms with Gasteiger partial charge < -0.3 is 48.7 Å². The number of carbonyl (C=O) groups is 1. The van der Waals surface area contributed by atoms with E-state index in [4.69, 9.17) is 33.7 Å². The second-order valence-electron chi connectivity index (χ2n) is 18.9. The first-order valence-corrected chi connectivity index (χ1v) is 25.0. The average molecular weight is 909 g/mol. The number of allylic oxidation sites excluding steroid dienone is 1. The first-order chi connectivity index (χ1) is 32.5.